The molecular weight excluding hydrogens is 304 g/mol. The number of thiophene rings is 1. The predicted octanol–water partition coefficient (Wildman–Crippen LogP) is 3.30. The number of hydrogen-bond donors (Lipinski definition) is 1. The molecule has 0 saturated carbocycles. The zero-order valence-electron chi connectivity index (χ0n) is 13.7. The van der Waals surface area contributed by atoms with E-state index < -0.39 is 10.0 Å². The molecule has 6 heteroatoms. The minimum Gasteiger partial charge on any atom is -0.312 e. The quantitative estimate of drug-likeness (QED) is 0.706. The molecule has 1 rings (SSSR count). The topological polar surface area (TPSA) is 49.4 Å². The lowest BCUT2D eigenvalue weighted by Crippen LogP contribution is -2.39. The molecule has 0 amide bonds. The molecule has 1 aromatic rings. The Balaban J connectivity index is 3.03. The van der Waals surface area contributed by atoms with Crippen molar-refractivity contribution < 1.29 is 8.42 Å². The third-order valence-electron chi connectivity index (χ3n) is 3.12. The summed E-state index contributed by atoms with van der Waals surface area (Å²) >= 11 is 1.51. The Kier molecular flexibility index (Phi) is 7.33. The average molecular weight is 333 g/mol. The monoisotopic (exact) mass is 332 g/mol. The standard InChI is InChI=1S/C15H28N2O2S2/c1-6-8-16-10-14-15(7-9-20-14)21(18,19)17(13(4)5)11-12(2)3/h7,9,12-13,16H,6,8,10-11H2,1-5H3. The van der Waals surface area contributed by atoms with Gasteiger partial charge in [-0.2, -0.15) is 4.31 Å². The maximum Gasteiger partial charge on any atom is 0.244 e. The van der Waals surface area contributed by atoms with Crippen LogP contribution in [0.5, 0.6) is 0 Å². The highest BCUT2D eigenvalue weighted by atomic mass is 32.2. The van der Waals surface area contributed by atoms with Gasteiger partial charge in [0.2, 0.25) is 10.0 Å². The van der Waals surface area contributed by atoms with Crippen LogP contribution < -0.4 is 5.32 Å². The molecule has 1 heterocycles. The first-order valence-electron chi connectivity index (χ1n) is 7.59. The number of sulfonamides is 1. The van der Waals surface area contributed by atoms with Crippen molar-refractivity contribution in [3.8, 4) is 0 Å². The van der Waals surface area contributed by atoms with Crippen LogP contribution >= 0.6 is 11.3 Å². The van der Waals surface area contributed by atoms with E-state index in [-0.39, 0.29) is 6.04 Å². The number of rotatable bonds is 9. The second kappa shape index (κ2) is 8.27. The van der Waals surface area contributed by atoms with E-state index in [4.69, 9.17) is 0 Å². The molecule has 0 fully saturated rings. The minimum absolute atomic E-state index is 0.0336. The van der Waals surface area contributed by atoms with E-state index in [1.165, 1.54) is 11.3 Å². The Morgan fingerprint density at radius 3 is 2.48 bits per heavy atom. The van der Waals surface area contributed by atoms with Gasteiger partial charge in [-0.05, 0) is 44.2 Å². The third kappa shape index (κ3) is 5.06. The molecule has 1 N–H and O–H groups in total. The summed E-state index contributed by atoms with van der Waals surface area (Å²) in [5.41, 5.74) is 0. The molecule has 0 aliphatic rings. The molecule has 0 aromatic carbocycles. The van der Waals surface area contributed by atoms with Crippen LogP contribution in [0.4, 0.5) is 0 Å². The molecule has 0 radical (unpaired) electrons. The van der Waals surface area contributed by atoms with Gasteiger partial charge < -0.3 is 5.32 Å². The highest BCUT2D eigenvalue weighted by Gasteiger charge is 2.30. The lowest BCUT2D eigenvalue weighted by atomic mass is 10.2. The van der Waals surface area contributed by atoms with Crippen LogP contribution in [0.25, 0.3) is 0 Å². The number of nitrogens with one attached hydrogen (secondary N) is 1. The van der Waals surface area contributed by atoms with E-state index in [1.54, 1.807) is 10.4 Å². The van der Waals surface area contributed by atoms with Crippen molar-refractivity contribution in [2.45, 2.75) is 58.5 Å². The van der Waals surface area contributed by atoms with E-state index in [0.29, 0.717) is 23.9 Å². The molecule has 1 aromatic heterocycles. The largest absolute Gasteiger partial charge is 0.312 e. The normalized spacial score (nSPS) is 12.8. The van der Waals surface area contributed by atoms with Crippen LogP contribution in [0.3, 0.4) is 0 Å². The first-order chi connectivity index (χ1) is 9.80. The summed E-state index contributed by atoms with van der Waals surface area (Å²) in [7, 11) is -3.42. The predicted molar refractivity (Wildman–Crippen MR) is 90.2 cm³/mol. The van der Waals surface area contributed by atoms with Gasteiger partial charge in [0.15, 0.2) is 0 Å². The van der Waals surface area contributed by atoms with E-state index in [2.05, 4.69) is 12.2 Å². The SMILES string of the molecule is CCCNCc1sccc1S(=O)(=O)N(CC(C)C)C(C)C. The second-order valence-electron chi connectivity index (χ2n) is 5.95. The summed E-state index contributed by atoms with van der Waals surface area (Å²) in [6.45, 7) is 12.1. The van der Waals surface area contributed by atoms with E-state index in [9.17, 15) is 8.42 Å². The third-order valence-corrected chi connectivity index (χ3v) is 6.30. The molecule has 0 aliphatic carbocycles. The van der Waals surface area contributed by atoms with Gasteiger partial charge in [0.1, 0.15) is 0 Å². The molecule has 21 heavy (non-hydrogen) atoms. The molecule has 0 atom stereocenters. The van der Waals surface area contributed by atoms with E-state index in [0.717, 1.165) is 17.8 Å². The van der Waals surface area contributed by atoms with Gasteiger partial charge in [-0.15, -0.1) is 11.3 Å². The van der Waals surface area contributed by atoms with Gasteiger partial charge in [-0.1, -0.05) is 20.8 Å². The average Bonchev–Trinajstić information content (AvgIpc) is 2.84. The van der Waals surface area contributed by atoms with Crippen molar-refractivity contribution in [1.82, 2.24) is 9.62 Å². The Labute approximate surface area is 133 Å². The van der Waals surface area contributed by atoms with Gasteiger partial charge in [-0.3, -0.25) is 0 Å². The molecule has 4 nitrogen and oxygen atoms in total. The van der Waals surface area contributed by atoms with Gasteiger partial charge in [0.05, 0.1) is 4.90 Å². The van der Waals surface area contributed by atoms with Crippen LogP contribution in [0.1, 0.15) is 45.9 Å². The molecule has 0 spiro atoms. The van der Waals surface area contributed by atoms with Crippen LogP contribution in [0.2, 0.25) is 0 Å². The molecule has 122 valence electrons. The van der Waals surface area contributed by atoms with Crippen molar-refractivity contribution in [1.29, 1.82) is 0 Å². The molecule has 0 aliphatic heterocycles. The highest BCUT2D eigenvalue weighted by molar-refractivity contribution is 7.89. The molecule has 0 bridgehead atoms. The maximum absolute atomic E-state index is 12.9. The van der Waals surface area contributed by atoms with Gasteiger partial charge in [0.25, 0.3) is 0 Å². The first-order valence-corrected chi connectivity index (χ1v) is 9.91. The van der Waals surface area contributed by atoms with Crippen LogP contribution in [0.15, 0.2) is 16.3 Å². The number of nitrogens with zero attached hydrogens (tertiary/aromatic N) is 1. The summed E-state index contributed by atoms with van der Waals surface area (Å²) in [5.74, 6) is 0.308. The summed E-state index contributed by atoms with van der Waals surface area (Å²) < 4.78 is 27.5. The van der Waals surface area contributed by atoms with Crippen molar-refractivity contribution in [2.24, 2.45) is 5.92 Å². The Bertz CT molecular complexity index is 522. The minimum atomic E-state index is -3.42. The summed E-state index contributed by atoms with van der Waals surface area (Å²) in [6, 6.07) is 1.70. The Morgan fingerprint density at radius 2 is 1.95 bits per heavy atom. The van der Waals surface area contributed by atoms with E-state index in [1.807, 2.05) is 33.1 Å². The van der Waals surface area contributed by atoms with Crippen molar-refractivity contribution in [2.75, 3.05) is 13.1 Å². The smallest absolute Gasteiger partial charge is 0.244 e. The fourth-order valence-corrected chi connectivity index (χ4v) is 5.33. The van der Waals surface area contributed by atoms with Gasteiger partial charge in [-0.25, -0.2) is 8.42 Å². The fraction of sp³-hybridized carbons (Fsp3) is 0.733. The molecule has 0 saturated heterocycles. The summed E-state index contributed by atoms with van der Waals surface area (Å²) in [4.78, 5) is 1.36. The Morgan fingerprint density at radius 1 is 1.29 bits per heavy atom. The zero-order chi connectivity index (χ0) is 16.0. The highest BCUT2D eigenvalue weighted by Crippen LogP contribution is 2.27. The van der Waals surface area contributed by atoms with Crippen LogP contribution in [-0.4, -0.2) is 31.9 Å². The maximum atomic E-state index is 12.9. The molecule has 0 unspecified atom stereocenters. The van der Waals surface area contributed by atoms with Crippen molar-refractivity contribution in [3.05, 3.63) is 16.3 Å². The van der Waals surface area contributed by atoms with Crippen molar-refractivity contribution >= 4 is 21.4 Å². The lowest BCUT2D eigenvalue weighted by Gasteiger charge is -2.27. The van der Waals surface area contributed by atoms with Crippen LogP contribution in [-0.2, 0) is 16.6 Å². The Hall–Kier alpha value is -0.430. The first kappa shape index (κ1) is 18.6. The molecular formula is C15H28N2O2S2. The fourth-order valence-electron chi connectivity index (χ4n) is 2.14. The van der Waals surface area contributed by atoms with Crippen molar-refractivity contribution in [3.63, 3.8) is 0 Å². The van der Waals surface area contributed by atoms with Gasteiger partial charge >= 0.3 is 0 Å². The zero-order valence-corrected chi connectivity index (χ0v) is 15.4. The lowest BCUT2D eigenvalue weighted by molar-refractivity contribution is 0.318. The van der Waals surface area contributed by atoms with Gasteiger partial charge in [0, 0.05) is 24.0 Å². The number of hydrogen-bond acceptors (Lipinski definition) is 4. The van der Waals surface area contributed by atoms with Crippen LogP contribution in [0, 0.1) is 5.92 Å². The van der Waals surface area contributed by atoms with E-state index >= 15 is 0 Å². The summed E-state index contributed by atoms with van der Waals surface area (Å²) in [5, 5.41) is 5.15. The second-order valence-corrected chi connectivity index (χ2v) is 8.81. The summed E-state index contributed by atoms with van der Waals surface area (Å²) in [6.07, 6.45) is 1.04.